The Bertz CT molecular complexity index is 408. The van der Waals surface area contributed by atoms with Crippen LogP contribution in [-0.2, 0) is 23.8 Å². The molecule has 5 heteroatoms. The zero-order valence-corrected chi connectivity index (χ0v) is 14.5. The fourth-order valence-electron chi connectivity index (χ4n) is 3.37. The molecule has 23 heavy (non-hydrogen) atoms. The number of rotatable bonds is 10. The van der Waals surface area contributed by atoms with Crippen LogP contribution < -0.4 is 0 Å². The van der Waals surface area contributed by atoms with Crippen molar-refractivity contribution in [2.45, 2.75) is 83.3 Å². The van der Waals surface area contributed by atoms with Crippen molar-refractivity contribution in [2.75, 3.05) is 13.2 Å². The van der Waals surface area contributed by atoms with Gasteiger partial charge in [0.05, 0.1) is 25.2 Å². The van der Waals surface area contributed by atoms with Crippen molar-refractivity contribution in [1.82, 2.24) is 0 Å². The van der Waals surface area contributed by atoms with Crippen molar-refractivity contribution in [3.05, 3.63) is 0 Å². The van der Waals surface area contributed by atoms with Gasteiger partial charge in [-0.1, -0.05) is 39.5 Å². The molecule has 0 spiro atoms. The van der Waals surface area contributed by atoms with E-state index >= 15 is 0 Å². The Hall–Kier alpha value is -1.10. The summed E-state index contributed by atoms with van der Waals surface area (Å²) in [5.74, 6) is -1.16. The van der Waals surface area contributed by atoms with Gasteiger partial charge in [0.2, 0.25) is 5.60 Å². The summed E-state index contributed by atoms with van der Waals surface area (Å²) in [6.45, 7) is 5.04. The van der Waals surface area contributed by atoms with Crippen molar-refractivity contribution >= 4 is 11.9 Å². The van der Waals surface area contributed by atoms with E-state index in [2.05, 4.69) is 13.8 Å². The molecule has 0 amide bonds. The third kappa shape index (κ3) is 4.25. The lowest BCUT2D eigenvalue weighted by molar-refractivity contribution is -0.163. The van der Waals surface area contributed by atoms with Gasteiger partial charge >= 0.3 is 11.9 Å². The Morgan fingerprint density at radius 2 is 1.65 bits per heavy atom. The van der Waals surface area contributed by atoms with Crippen LogP contribution in [0.25, 0.3) is 0 Å². The van der Waals surface area contributed by atoms with Gasteiger partial charge in [-0.15, -0.1) is 0 Å². The predicted molar refractivity (Wildman–Crippen MR) is 85.9 cm³/mol. The largest absolute Gasteiger partial charge is 0.465 e. The molecule has 2 fully saturated rings. The Morgan fingerprint density at radius 1 is 1.00 bits per heavy atom. The molecule has 3 unspecified atom stereocenters. The van der Waals surface area contributed by atoms with Crippen molar-refractivity contribution in [3.63, 3.8) is 0 Å². The zero-order chi connectivity index (χ0) is 16.7. The fraction of sp³-hybridized carbons (Fsp3) is 0.889. The van der Waals surface area contributed by atoms with Crippen LogP contribution in [0.15, 0.2) is 0 Å². The maximum Gasteiger partial charge on any atom is 0.342 e. The Morgan fingerprint density at radius 3 is 2.30 bits per heavy atom. The molecule has 2 rings (SSSR count). The lowest BCUT2D eigenvalue weighted by Gasteiger charge is -2.25. The quantitative estimate of drug-likeness (QED) is 0.350. The normalized spacial score (nSPS) is 28.8. The molecule has 1 aliphatic heterocycles. The number of hydrogen-bond donors (Lipinski definition) is 0. The summed E-state index contributed by atoms with van der Waals surface area (Å²) in [6.07, 6.45) is 8.16. The summed E-state index contributed by atoms with van der Waals surface area (Å²) in [5.41, 5.74) is -1.05. The zero-order valence-electron chi connectivity index (χ0n) is 14.5. The van der Waals surface area contributed by atoms with E-state index in [-0.39, 0.29) is 18.0 Å². The molecule has 0 aromatic heterocycles. The highest BCUT2D eigenvalue weighted by Crippen LogP contribution is 2.52. The molecule has 5 nitrogen and oxygen atoms in total. The number of esters is 2. The van der Waals surface area contributed by atoms with Gasteiger partial charge in [0, 0.05) is 0 Å². The first-order valence-electron chi connectivity index (χ1n) is 9.18. The van der Waals surface area contributed by atoms with Crippen LogP contribution in [0.3, 0.4) is 0 Å². The number of hydrogen-bond acceptors (Lipinski definition) is 5. The lowest BCUT2D eigenvalue weighted by Crippen LogP contribution is -2.44. The van der Waals surface area contributed by atoms with Gasteiger partial charge in [-0.25, -0.2) is 4.79 Å². The topological polar surface area (TPSA) is 65.1 Å². The molecule has 0 aromatic carbocycles. The van der Waals surface area contributed by atoms with Gasteiger partial charge < -0.3 is 14.2 Å². The second kappa shape index (κ2) is 8.67. The van der Waals surface area contributed by atoms with Crippen LogP contribution in [0, 0.1) is 5.92 Å². The average molecular weight is 326 g/mol. The van der Waals surface area contributed by atoms with Gasteiger partial charge in [-0.3, -0.25) is 4.79 Å². The van der Waals surface area contributed by atoms with Crippen molar-refractivity contribution in [1.29, 1.82) is 0 Å². The van der Waals surface area contributed by atoms with E-state index in [0.29, 0.717) is 19.6 Å². The molecule has 0 aromatic rings. The van der Waals surface area contributed by atoms with Gasteiger partial charge in [0.1, 0.15) is 0 Å². The van der Waals surface area contributed by atoms with Gasteiger partial charge in [0.15, 0.2) is 0 Å². The average Bonchev–Trinajstić information content (AvgIpc) is 3.31. The second-order valence-corrected chi connectivity index (χ2v) is 6.60. The highest BCUT2D eigenvalue weighted by atomic mass is 16.7. The van der Waals surface area contributed by atoms with Crippen LogP contribution in [0.2, 0.25) is 0 Å². The first-order chi connectivity index (χ1) is 11.2. The van der Waals surface area contributed by atoms with Crippen molar-refractivity contribution in [3.8, 4) is 0 Å². The SMILES string of the molecule is CCCCCOC(=O)C1CCCC2OC21C(=O)OCCCCC. The van der Waals surface area contributed by atoms with E-state index in [0.717, 1.165) is 51.4 Å². The van der Waals surface area contributed by atoms with E-state index < -0.39 is 11.5 Å². The fourth-order valence-corrected chi connectivity index (χ4v) is 3.37. The number of fused-ring (bicyclic) bond motifs is 1. The summed E-state index contributed by atoms with van der Waals surface area (Å²) in [7, 11) is 0. The van der Waals surface area contributed by atoms with E-state index in [1.54, 1.807) is 0 Å². The maximum absolute atomic E-state index is 12.5. The number of unbranched alkanes of at least 4 members (excludes halogenated alkanes) is 4. The highest BCUT2D eigenvalue weighted by Gasteiger charge is 2.71. The van der Waals surface area contributed by atoms with Gasteiger partial charge in [-0.05, 0) is 32.1 Å². The maximum atomic E-state index is 12.5. The summed E-state index contributed by atoms with van der Waals surface area (Å²) in [6, 6.07) is 0. The number of carbonyl (C=O) groups excluding carboxylic acids is 2. The van der Waals surface area contributed by atoms with Gasteiger partial charge in [0.25, 0.3) is 0 Å². The Labute approximate surface area is 139 Å². The minimum absolute atomic E-state index is 0.164. The van der Waals surface area contributed by atoms with Crippen molar-refractivity contribution in [2.24, 2.45) is 5.92 Å². The number of ether oxygens (including phenoxy) is 3. The Balaban J connectivity index is 1.87. The van der Waals surface area contributed by atoms with Gasteiger partial charge in [-0.2, -0.15) is 0 Å². The second-order valence-electron chi connectivity index (χ2n) is 6.60. The van der Waals surface area contributed by atoms with E-state index in [4.69, 9.17) is 14.2 Å². The third-order valence-electron chi connectivity index (χ3n) is 4.81. The Kier molecular flexibility index (Phi) is 6.88. The molecular formula is C18H30O5. The van der Waals surface area contributed by atoms with E-state index in [1.807, 2.05) is 0 Å². The molecule has 132 valence electrons. The number of carbonyl (C=O) groups is 2. The minimum Gasteiger partial charge on any atom is -0.465 e. The monoisotopic (exact) mass is 326 g/mol. The van der Waals surface area contributed by atoms with Crippen LogP contribution in [-0.4, -0.2) is 36.9 Å². The first kappa shape index (κ1) is 18.2. The van der Waals surface area contributed by atoms with E-state index in [1.165, 1.54) is 0 Å². The molecule has 1 heterocycles. The molecule has 2 aliphatic rings. The summed E-state index contributed by atoms with van der Waals surface area (Å²) in [4.78, 5) is 24.8. The standard InChI is InChI=1S/C18H30O5/c1-3-5-7-12-21-16(19)14-10-9-11-15-18(14,23-15)17(20)22-13-8-6-4-2/h14-15H,3-13H2,1-2H3. The molecule has 0 bridgehead atoms. The molecule has 1 saturated heterocycles. The molecular weight excluding hydrogens is 296 g/mol. The molecule has 1 aliphatic carbocycles. The van der Waals surface area contributed by atoms with Crippen LogP contribution >= 0.6 is 0 Å². The van der Waals surface area contributed by atoms with E-state index in [9.17, 15) is 9.59 Å². The molecule has 3 atom stereocenters. The first-order valence-corrected chi connectivity index (χ1v) is 9.18. The third-order valence-corrected chi connectivity index (χ3v) is 4.81. The minimum atomic E-state index is -1.05. The summed E-state index contributed by atoms with van der Waals surface area (Å²) in [5, 5.41) is 0. The summed E-state index contributed by atoms with van der Waals surface area (Å²) < 4.78 is 16.4. The highest BCUT2D eigenvalue weighted by molar-refractivity contribution is 5.91. The molecule has 0 radical (unpaired) electrons. The molecule has 1 saturated carbocycles. The lowest BCUT2D eigenvalue weighted by atomic mass is 9.79. The van der Waals surface area contributed by atoms with Crippen LogP contribution in [0.4, 0.5) is 0 Å². The summed E-state index contributed by atoms with van der Waals surface area (Å²) >= 11 is 0. The van der Waals surface area contributed by atoms with Crippen LogP contribution in [0.1, 0.15) is 71.6 Å². The molecule has 0 N–H and O–H groups in total. The smallest absolute Gasteiger partial charge is 0.342 e. The van der Waals surface area contributed by atoms with Crippen molar-refractivity contribution < 1.29 is 23.8 Å². The predicted octanol–water partition coefficient (Wildman–Crippen LogP) is 3.39. The number of epoxide rings is 1. The van der Waals surface area contributed by atoms with Crippen LogP contribution in [0.5, 0.6) is 0 Å².